The third-order valence-corrected chi connectivity index (χ3v) is 5.46. The number of aryl methyl sites for hydroxylation is 1. The van der Waals surface area contributed by atoms with Crippen molar-refractivity contribution in [3.63, 3.8) is 0 Å². The van der Waals surface area contributed by atoms with E-state index in [2.05, 4.69) is 24.4 Å². The molecule has 0 spiro atoms. The van der Waals surface area contributed by atoms with E-state index in [1.165, 1.54) is 17.7 Å². The number of hydrogen-bond donors (Lipinski definition) is 2. The quantitative estimate of drug-likeness (QED) is 0.324. The van der Waals surface area contributed by atoms with Gasteiger partial charge in [-0.3, -0.25) is 10.1 Å². The van der Waals surface area contributed by atoms with Gasteiger partial charge in [0.05, 0.1) is 31.3 Å². The maximum atomic E-state index is 11.0. The van der Waals surface area contributed by atoms with Crippen molar-refractivity contribution < 1.29 is 19.5 Å². The van der Waals surface area contributed by atoms with Gasteiger partial charge < -0.3 is 19.9 Å². The first-order chi connectivity index (χ1) is 15.4. The zero-order valence-electron chi connectivity index (χ0n) is 18.4. The molecule has 0 bridgehead atoms. The molecule has 0 fully saturated rings. The Kier molecular flexibility index (Phi) is 7.68. The van der Waals surface area contributed by atoms with E-state index in [-0.39, 0.29) is 11.7 Å². The molecule has 168 valence electrons. The average molecular weight is 437 g/mol. The summed E-state index contributed by atoms with van der Waals surface area (Å²) in [6, 6.07) is 19.6. The first-order valence-electron chi connectivity index (χ1n) is 10.4. The topological polar surface area (TPSA) is 93.9 Å². The van der Waals surface area contributed by atoms with E-state index in [0.717, 1.165) is 17.7 Å². The van der Waals surface area contributed by atoms with Crippen molar-refractivity contribution >= 4 is 11.4 Å². The number of methoxy groups -OCH3 is 2. The Hall–Kier alpha value is -3.58. The zero-order chi connectivity index (χ0) is 23.1. The van der Waals surface area contributed by atoms with Crippen LogP contribution in [0.2, 0.25) is 0 Å². The van der Waals surface area contributed by atoms with Crippen LogP contribution in [0.25, 0.3) is 0 Å². The van der Waals surface area contributed by atoms with Gasteiger partial charge in [0.25, 0.3) is 5.69 Å². The number of aliphatic hydroxyl groups is 1. The van der Waals surface area contributed by atoms with Crippen LogP contribution in [-0.4, -0.2) is 24.2 Å². The number of benzene rings is 3. The fourth-order valence-corrected chi connectivity index (χ4v) is 3.56. The van der Waals surface area contributed by atoms with E-state index in [1.807, 2.05) is 18.2 Å². The number of non-ortho nitro benzene ring substituents is 1. The van der Waals surface area contributed by atoms with E-state index in [4.69, 9.17) is 9.47 Å². The van der Waals surface area contributed by atoms with Gasteiger partial charge in [-0.2, -0.15) is 0 Å². The van der Waals surface area contributed by atoms with Gasteiger partial charge in [-0.25, -0.2) is 0 Å². The van der Waals surface area contributed by atoms with Gasteiger partial charge in [-0.15, -0.1) is 0 Å². The highest BCUT2D eigenvalue weighted by Gasteiger charge is 2.20. The number of hydrogen-bond acceptors (Lipinski definition) is 6. The minimum Gasteiger partial charge on any atom is -0.493 e. The molecule has 3 rings (SSSR count). The summed E-state index contributed by atoms with van der Waals surface area (Å²) in [6.07, 6.45) is 0.559. The lowest BCUT2D eigenvalue weighted by molar-refractivity contribution is -0.384. The molecule has 3 aromatic rings. The SMILES string of the molecule is CCc1ccc(C(CC(O)c2ccc(OC)c(OC)c2)Nc2ccc([N+](=O)[O-])cc2)cc1. The molecule has 0 heterocycles. The third kappa shape index (κ3) is 5.56. The first kappa shape index (κ1) is 23.1. The van der Waals surface area contributed by atoms with Crippen molar-refractivity contribution in [1.29, 1.82) is 0 Å². The van der Waals surface area contributed by atoms with Crippen LogP contribution in [-0.2, 0) is 6.42 Å². The summed E-state index contributed by atoms with van der Waals surface area (Å²) >= 11 is 0. The van der Waals surface area contributed by atoms with Crippen LogP contribution in [0.1, 0.15) is 42.2 Å². The van der Waals surface area contributed by atoms with E-state index in [1.54, 1.807) is 38.5 Å². The number of anilines is 1. The predicted octanol–water partition coefficient (Wildman–Crippen LogP) is 5.45. The molecule has 0 radical (unpaired) electrons. The fourth-order valence-electron chi connectivity index (χ4n) is 3.56. The van der Waals surface area contributed by atoms with Gasteiger partial charge in [0.15, 0.2) is 11.5 Å². The smallest absolute Gasteiger partial charge is 0.269 e. The summed E-state index contributed by atoms with van der Waals surface area (Å²) in [5.41, 5.74) is 3.72. The fraction of sp³-hybridized carbons (Fsp3) is 0.280. The molecule has 7 heteroatoms. The summed E-state index contributed by atoms with van der Waals surface area (Å²) in [5.74, 6) is 1.15. The highest BCUT2D eigenvalue weighted by Crippen LogP contribution is 2.34. The minimum absolute atomic E-state index is 0.0322. The van der Waals surface area contributed by atoms with Crippen LogP contribution >= 0.6 is 0 Å². The first-order valence-corrected chi connectivity index (χ1v) is 10.4. The number of ether oxygens (including phenoxy) is 2. The molecule has 2 N–H and O–H groups in total. The molecule has 0 aliphatic rings. The van der Waals surface area contributed by atoms with Gasteiger partial charge >= 0.3 is 0 Å². The third-order valence-electron chi connectivity index (χ3n) is 5.46. The second-order valence-corrected chi connectivity index (χ2v) is 7.46. The van der Waals surface area contributed by atoms with Crippen LogP contribution < -0.4 is 14.8 Å². The highest BCUT2D eigenvalue weighted by atomic mass is 16.6. The highest BCUT2D eigenvalue weighted by molar-refractivity contribution is 5.50. The predicted molar refractivity (Wildman–Crippen MR) is 124 cm³/mol. The molecular weight excluding hydrogens is 408 g/mol. The Bertz CT molecular complexity index is 1040. The van der Waals surface area contributed by atoms with Crippen LogP contribution in [0.5, 0.6) is 11.5 Å². The molecule has 0 aromatic heterocycles. The molecule has 0 aliphatic heterocycles. The van der Waals surface area contributed by atoms with Gasteiger partial charge in [0.1, 0.15) is 0 Å². The van der Waals surface area contributed by atoms with E-state index in [0.29, 0.717) is 23.5 Å². The number of nitro benzene ring substituents is 1. The molecule has 0 amide bonds. The molecular formula is C25H28N2O5. The summed E-state index contributed by atoms with van der Waals surface area (Å²) in [7, 11) is 3.13. The van der Waals surface area contributed by atoms with Crippen molar-refractivity contribution in [1.82, 2.24) is 0 Å². The number of rotatable bonds is 10. The Morgan fingerprint density at radius 2 is 1.56 bits per heavy atom. The average Bonchev–Trinajstić information content (AvgIpc) is 2.83. The Morgan fingerprint density at radius 3 is 2.12 bits per heavy atom. The summed E-state index contributed by atoms with van der Waals surface area (Å²) in [4.78, 5) is 10.5. The standard InChI is InChI=1S/C25H28N2O5/c1-4-17-5-7-18(8-6-17)22(26-20-10-12-21(13-11-20)27(29)30)16-23(28)19-9-14-24(31-2)25(15-19)32-3/h5-15,22-23,26,28H,4,16H2,1-3H3. The molecule has 32 heavy (non-hydrogen) atoms. The lowest BCUT2D eigenvalue weighted by Gasteiger charge is -2.24. The molecule has 2 atom stereocenters. The lowest BCUT2D eigenvalue weighted by atomic mass is 9.95. The van der Waals surface area contributed by atoms with Crippen molar-refractivity contribution in [2.24, 2.45) is 0 Å². The Labute approximate surface area is 187 Å². The van der Waals surface area contributed by atoms with Crippen molar-refractivity contribution in [3.8, 4) is 11.5 Å². The largest absolute Gasteiger partial charge is 0.493 e. The number of nitrogens with one attached hydrogen (secondary N) is 1. The van der Waals surface area contributed by atoms with Gasteiger partial charge in [-0.1, -0.05) is 37.3 Å². The summed E-state index contributed by atoms with van der Waals surface area (Å²) in [6.45, 7) is 2.10. The van der Waals surface area contributed by atoms with Crippen LogP contribution in [0.15, 0.2) is 66.7 Å². The normalized spacial score (nSPS) is 12.6. The Morgan fingerprint density at radius 1 is 0.938 bits per heavy atom. The minimum atomic E-state index is -0.767. The van der Waals surface area contributed by atoms with Crippen LogP contribution in [0.4, 0.5) is 11.4 Å². The second-order valence-electron chi connectivity index (χ2n) is 7.46. The summed E-state index contributed by atoms with van der Waals surface area (Å²) < 4.78 is 10.6. The van der Waals surface area contributed by atoms with Gasteiger partial charge in [0, 0.05) is 24.2 Å². The van der Waals surface area contributed by atoms with E-state index in [9.17, 15) is 15.2 Å². The number of aliphatic hydroxyl groups excluding tert-OH is 1. The molecule has 0 saturated heterocycles. The monoisotopic (exact) mass is 436 g/mol. The molecule has 2 unspecified atom stereocenters. The van der Waals surface area contributed by atoms with Crippen molar-refractivity contribution in [2.75, 3.05) is 19.5 Å². The van der Waals surface area contributed by atoms with E-state index < -0.39 is 11.0 Å². The van der Waals surface area contributed by atoms with Crippen LogP contribution in [0.3, 0.4) is 0 Å². The van der Waals surface area contributed by atoms with E-state index >= 15 is 0 Å². The number of nitro groups is 1. The van der Waals surface area contributed by atoms with Crippen LogP contribution in [0, 0.1) is 10.1 Å². The molecule has 7 nitrogen and oxygen atoms in total. The molecule has 3 aromatic carbocycles. The molecule has 0 saturated carbocycles. The van der Waals surface area contributed by atoms with Crippen molar-refractivity contribution in [3.05, 3.63) is 93.5 Å². The van der Waals surface area contributed by atoms with Crippen molar-refractivity contribution in [2.45, 2.75) is 31.9 Å². The summed E-state index contributed by atoms with van der Waals surface area (Å²) in [5, 5.41) is 25.4. The van der Waals surface area contributed by atoms with Gasteiger partial charge in [0.2, 0.25) is 0 Å². The Balaban J connectivity index is 1.86. The second kappa shape index (κ2) is 10.6. The zero-order valence-corrected chi connectivity index (χ0v) is 18.4. The maximum absolute atomic E-state index is 11.0. The molecule has 0 aliphatic carbocycles. The lowest BCUT2D eigenvalue weighted by Crippen LogP contribution is -2.15. The van der Waals surface area contributed by atoms with Gasteiger partial charge in [-0.05, 0) is 47.4 Å². The maximum Gasteiger partial charge on any atom is 0.269 e. The number of nitrogens with zero attached hydrogens (tertiary/aromatic N) is 1.